The van der Waals surface area contributed by atoms with Crippen LogP contribution >= 0.6 is 0 Å². The Hall–Kier alpha value is -4.34. The number of carbonyl (C=O) groups excluding carboxylic acids is 1. The first-order chi connectivity index (χ1) is 18.5. The maximum absolute atomic E-state index is 12.6. The van der Waals surface area contributed by atoms with Crippen LogP contribution in [0.1, 0.15) is 42.1 Å². The second kappa shape index (κ2) is 12.8. The first-order valence-corrected chi connectivity index (χ1v) is 12.6. The number of methoxy groups -OCH3 is 1. The second-order valence-corrected chi connectivity index (χ2v) is 8.86. The molecule has 0 bridgehead atoms. The maximum atomic E-state index is 12.6. The lowest BCUT2D eigenvalue weighted by molar-refractivity contribution is -0.116. The number of piperidine rings is 1. The minimum absolute atomic E-state index is 0.0325. The third-order valence-electron chi connectivity index (χ3n) is 6.17. The number of benzene rings is 2. The van der Waals surface area contributed by atoms with Gasteiger partial charge in [0.2, 0.25) is 5.91 Å². The highest BCUT2D eigenvalue weighted by Crippen LogP contribution is 2.30. The van der Waals surface area contributed by atoms with Crippen LogP contribution in [-0.4, -0.2) is 59.9 Å². The Balaban J connectivity index is 1.34. The van der Waals surface area contributed by atoms with E-state index >= 15 is 0 Å². The van der Waals surface area contributed by atoms with E-state index in [2.05, 4.69) is 20.2 Å². The third-order valence-corrected chi connectivity index (χ3v) is 6.17. The molecule has 4 rings (SSSR count). The van der Waals surface area contributed by atoms with E-state index in [9.17, 15) is 14.7 Å². The lowest BCUT2D eigenvalue weighted by Gasteiger charge is -2.33. The molecule has 1 atom stereocenters. The second-order valence-electron chi connectivity index (χ2n) is 8.86. The van der Waals surface area contributed by atoms with Crippen LogP contribution in [0.4, 0.5) is 11.6 Å². The fourth-order valence-electron chi connectivity index (χ4n) is 4.34. The Morgan fingerprint density at radius 2 is 1.95 bits per heavy atom. The van der Waals surface area contributed by atoms with E-state index in [1.54, 1.807) is 18.3 Å². The summed E-state index contributed by atoms with van der Waals surface area (Å²) < 4.78 is 17.1. The number of aromatic nitrogens is 2. The SMILES string of the molecule is CCOc1ccccc1O[C@@H]1CCCN(c2cncc(NC(=O)CCc3ccc(C(=O)O)c(OC)c3)n2)C1. The van der Waals surface area contributed by atoms with Crippen LogP contribution in [0.25, 0.3) is 0 Å². The van der Waals surface area contributed by atoms with Crippen molar-refractivity contribution in [2.24, 2.45) is 0 Å². The highest BCUT2D eigenvalue weighted by Gasteiger charge is 2.24. The number of hydrogen-bond donors (Lipinski definition) is 2. The number of para-hydroxylation sites is 2. The van der Waals surface area contributed by atoms with Gasteiger partial charge in [0.05, 0.1) is 32.7 Å². The van der Waals surface area contributed by atoms with Crippen molar-refractivity contribution in [1.29, 1.82) is 0 Å². The van der Waals surface area contributed by atoms with Crippen LogP contribution < -0.4 is 24.4 Å². The predicted octanol–water partition coefficient (Wildman–Crippen LogP) is 4.20. The lowest BCUT2D eigenvalue weighted by atomic mass is 10.1. The molecule has 0 radical (unpaired) electrons. The highest BCUT2D eigenvalue weighted by atomic mass is 16.5. The van der Waals surface area contributed by atoms with Crippen LogP contribution in [0.3, 0.4) is 0 Å². The minimum Gasteiger partial charge on any atom is -0.496 e. The third kappa shape index (κ3) is 6.90. The molecule has 3 aromatic rings. The van der Waals surface area contributed by atoms with Crippen LogP contribution in [0.2, 0.25) is 0 Å². The van der Waals surface area contributed by atoms with Crippen molar-refractivity contribution in [2.45, 2.75) is 38.7 Å². The van der Waals surface area contributed by atoms with Crippen molar-refractivity contribution in [3.8, 4) is 17.2 Å². The maximum Gasteiger partial charge on any atom is 0.339 e. The van der Waals surface area contributed by atoms with Crippen molar-refractivity contribution in [1.82, 2.24) is 9.97 Å². The van der Waals surface area contributed by atoms with Crippen LogP contribution in [0, 0.1) is 0 Å². The van der Waals surface area contributed by atoms with Gasteiger partial charge in [-0.05, 0) is 56.0 Å². The molecule has 10 nitrogen and oxygen atoms in total. The summed E-state index contributed by atoms with van der Waals surface area (Å²) in [6.45, 7) is 3.96. The first kappa shape index (κ1) is 26.7. The molecule has 1 aromatic heterocycles. The Morgan fingerprint density at radius 3 is 2.71 bits per heavy atom. The zero-order valence-corrected chi connectivity index (χ0v) is 21.6. The van der Waals surface area contributed by atoms with Gasteiger partial charge >= 0.3 is 5.97 Å². The topological polar surface area (TPSA) is 123 Å². The van der Waals surface area contributed by atoms with Gasteiger partial charge in [-0.3, -0.25) is 9.78 Å². The molecule has 0 aliphatic carbocycles. The number of carboxylic acids is 1. The molecule has 2 heterocycles. The van der Waals surface area contributed by atoms with E-state index in [0.717, 1.165) is 36.4 Å². The van der Waals surface area contributed by atoms with Crippen molar-refractivity contribution >= 4 is 23.5 Å². The molecule has 200 valence electrons. The molecule has 1 fully saturated rings. The normalized spacial score (nSPS) is 15.0. The predicted molar refractivity (Wildman–Crippen MR) is 142 cm³/mol. The fourth-order valence-corrected chi connectivity index (χ4v) is 4.34. The Bertz CT molecular complexity index is 1270. The Kier molecular flexibility index (Phi) is 8.97. The van der Waals surface area contributed by atoms with Crippen molar-refractivity contribution < 1.29 is 28.9 Å². The molecule has 0 unspecified atom stereocenters. The summed E-state index contributed by atoms with van der Waals surface area (Å²) in [5.74, 6) is 1.48. The van der Waals surface area contributed by atoms with E-state index in [4.69, 9.17) is 14.2 Å². The number of carboxylic acid groups (broad SMARTS) is 1. The van der Waals surface area contributed by atoms with E-state index in [1.807, 2.05) is 31.2 Å². The van der Waals surface area contributed by atoms with Gasteiger partial charge < -0.3 is 29.5 Å². The van der Waals surface area contributed by atoms with Gasteiger partial charge in [0, 0.05) is 13.0 Å². The van der Waals surface area contributed by atoms with E-state index in [0.29, 0.717) is 31.2 Å². The number of aromatic carboxylic acids is 1. The largest absolute Gasteiger partial charge is 0.496 e. The molecule has 2 N–H and O–H groups in total. The number of hydrogen-bond acceptors (Lipinski definition) is 8. The summed E-state index contributed by atoms with van der Waals surface area (Å²) in [5, 5.41) is 12.0. The molecule has 0 saturated carbocycles. The number of carbonyl (C=O) groups is 2. The van der Waals surface area contributed by atoms with Gasteiger partial charge in [0.25, 0.3) is 0 Å². The molecule has 38 heavy (non-hydrogen) atoms. The summed E-state index contributed by atoms with van der Waals surface area (Å²) >= 11 is 0. The molecule has 10 heteroatoms. The van der Waals surface area contributed by atoms with Gasteiger partial charge in [0.1, 0.15) is 23.2 Å². The highest BCUT2D eigenvalue weighted by molar-refractivity contribution is 5.91. The van der Waals surface area contributed by atoms with Crippen LogP contribution in [0.15, 0.2) is 54.9 Å². The van der Waals surface area contributed by atoms with E-state index in [-0.39, 0.29) is 29.7 Å². The molecule has 1 aliphatic rings. The van der Waals surface area contributed by atoms with Crippen LogP contribution in [-0.2, 0) is 11.2 Å². The first-order valence-electron chi connectivity index (χ1n) is 12.6. The number of nitrogens with zero attached hydrogens (tertiary/aromatic N) is 3. The van der Waals surface area contributed by atoms with E-state index < -0.39 is 5.97 Å². The van der Waals surface area contributed by atoms with Crippen LogP contribution in [0.5, 0.6) is 17.2 Å². The summed E-state index contributed by atoms with van der Waals surface area (Å²) in [7, 11) is 1.42. The number of ether oxygens (including phenoxy) is 3. The minimum atomic E-state index is -1.06. The Morgan fingerprint density at radius 1 is 1.13 bits per heavy atom. The molecule has 1 aliphatic heterocycles. The van der Waals surface area contributed by atoms with Crippen molar-refractivity contribution in [2.75, 3.05) is 37.0 Å². The average Bonchev–Trinajstić information content (AvgIpc) is 2.93. The quantitative estimate of drug-likeness (QED) is 0.383. The molecule has 1 saturated heterocycles. The van der Waals surface area contributed by atoms with Gasteiger partial charge in [0.15, 0.2) is 17.3 Å². The molecular weight excluding hydrogens is 488 g/mol. The summed E-state index contributed by atoms with van der Waals surface area (Å²) in [6, 6.07) is 12.5. The monoisotopic (exact) mass is 520 g/mol. The molecule has 0 spiro atoms. The van der Waals surface area contributed by atoms with Gasteiger partial charge in [-0.2, -0.15) is 0 Å². The number of amides is 1. The molecular formula is C28H32N4O6. The summed E-state index contributed by atoms with van der Waals surface area (Å²) in [4.78, 5) is 34.8. The summed E-state index contributed by atoms with van der Waals surface area (Å²) in [5.41, 5.74) is 0.878. The average molecular weight is 521 g/mol. The van der Waals surface area contributed by atoms with Crippen molar-refractivity contribution in [3.63, 3.8) is 0 Å². The lowest BCUT2D eigenvalue weighted by Crippen LogP contribution is -2.41. The zero-order valence-electron chi connectivity index (χ0n) is 21.6. The van der Waals surface area contributed by atoms with E-state index in [1.165, 1.54) is 19.4 Å². The summed E-state index contributed by atoms with van der Waals surface area (Å²) in [6.07, 6.45) is 5.63. The van der Waals surface area contributed by atoms with Gasteiger partial charge in [-0.15, -0.1) is 0 Å². The van der Waals surface area contributed by atoms with Gasteiger partial charge in [-0.1, -0.05) is 18.2 Å². The zero-order chi connectivity index (χ0) is 26.9. The number of anilines is 2. The number of rotatable bonds is 11. The van der Waals surface area contributed by atoms with Gasteiger partial charge in [-0.25, -0.2) is 9.78 Å². The Labute approximate surface area is 221 Å². The smallest absolute Gasteiger partial charge is 0.339 e. The molecule has 1 amide bonds. The van der Waals surface area contributed by atoms with Crippen molar-refractivity contribution in [3.05, 3.63) is 66.0 Å². The number of nitrogens with one attached hydrogen (secondary N) is 1. The fraction of sp³-hybridized carbons (Fsp3) is 0.357. The standard InChI is InChI=1S/C28H32N4O6/c1-3-37-22-8-4-5-9-23(22)38-20-7-6-14-32(18-20)26-17-29-16-25(30-26)31-27(33)13-11-19-10-12-21(28(34)35)24(15-19)36-2/h4-5,8-10,12,15-17,20H,3,6-7,11,13-14,18H2,1-2H3,(H,34,35)(H,30,31,33)/t20-/m1/s1. The number of aryl methyl sites for hydroxylation is 1. The molecule has 2 aromatic carbocycles.